The summed E-state index contributed by atoms with van der Waals surface area (Å²) in [7, 11) is 0. The number of anilines is 1. The number of halogens is 2. The van der Waals surface area contributed by atoms with Crippen molar-refractivity contribution in [1.29, 1.82) is 0 Å². The van der Waals surface area contributed by atoms with Crippen molar-refractivity contribution in [3.8, 4) is 0 Å². The Kier molecular flexibility index (Phi) is 3.70. The molecular formula is C15H13F2NO2. The molecular weight excluding hydrogens is 264 g/mol. The van der Waals surface area contributed by atoms with Crippen molar-refractivity contribution in [1.82, 2.24) is 0 Å². The average molecular weight is 277 g/mol. The fourth-order valence-corrected chi connectivity index (χ4v) is 1.96. The summed E-state index contributed by atoms with van der Waals surface area (Å²) < 4.78 is 27.0. The predicted octanol–water partition coefficient (Wildman–Crippen LogP) is 3.38. The highest BCUT2D eigenvalue weighted by Crippen LogP contribution is 2.28. The molecule has 0 saturated heterocycles. The highest BCUT2D eigenvalue weighted by Gasteiger charge is 2.37. The molecule has 0 heterocycles. The van der Waals surface area contributed by atoms with Crippen LogP contribution >= 0.6 is 0 Å². The van der Waals surface area contributed by atoms with Crippen LogP contribution in [0.5, 0.6) is 0 Å². The van der Waals surface area contributed by atoms with Crippen LogP contribution in [0.25, 0.3) is 0 Å². The van der Waals surface area contributed by atoms with Gasteiger partial charge >= 0.3 is 5.97 Å². The van der Waals surface area contributed by atoms with Gasteiger partial charge in [0.2, 0.25) is 0 Å². The second-order valence-electron chi connectivity index (χ2n) is 4.55. The standard InChI is InChI=1S/C15H13F2NO2/c1-15(14(19)20,12-7-2-3-8-13(12)17)18-11-6-4-5-10(16)9-11/h2-9,18H,1H3,(H,19,20). The van der Waals surface area contributed by atoms with Crippen LogP contribution < -0.4 is 5.32 Å². The molecule has 0 amide bonds. The summed E-state index contributed by atoms with van der Waals surface area (Å²) in [6.07, 6.45) is 0. The van der Waals surface area contributed by atoms with Crippen molar-refractivity contribution in [3.05, 3.63) is 65.7 Å². The molecule has 2 aromatic carbocycles. The molecule has 2 rings (SSSR count). The van der Waals surface area contributed by atoms with Gasteiger partial charge in [-0.3, -0.25) is 0 Å². The van der Waals surface area contributed by atoms with Crippen molar-refractivity contribution in [3.63, 3.8) is 0 Å². The van der Waals surface area contributed by atoms with E-state index in [2.05, 4.69) is 5.32 Å². The van der Waals surface area contributed by atoms with E-state index in [1.54, 1.807) is 6.07 Å². The second kappa shape index (κ2) is 5.28. The number of hydrogen-bond acceptors (Lipinski definition) is 2. The molecule has 0 spiro atoms. The summed E-state index contributed by atoms with van der Waals surface area (Å²) in [5.41, 5.74) is -1.45. The lowest BCUT2D eigenvalue weighted by Gasteiger charge is -2.28. The molecule has 1 atom stereocenters. The van der Waals surface area contributed by atoms with Gasteiger partial charge in [0.25, 0.3) is 0 Å². The minimum absolute atomic E-state index is 0.0169. The van der Waals surface area contributed by atoms with E-state index in [0.29, 0.717) is 0 Å². The summed E-state index contributed by atoms with van der Waals surface area (Å²) in [5, 5.41) is 12.1. The second-order valence-corrected chi connectivity index (χ2v) is 4.55. The van der Waals surface area contributed by atoms with Crippen LogP contribution in [0.1, 0.15) is 12.5 Å². The van der Waals surface area contributed by atoms with E-state index in [4.69, 9.17) is 0 Å². The normalized spacial score (nSPS) is 13.6. The highest BCUT2D eigenvalue weighted by atomic mass is 19.1. The van der Waals surface area contributed by atoms with Gasteiger partial charge in [0.05, 0.1) is 0 Å². The van der Waals surface area contributed by atoms with Crippen LogP contribution in [-0.4, -0.2) is 11.1 Å². The Morgan fingerprint density at radius 3 is 2.45 bits per heavy atom. The average Bonchev–Trinajstić information content (AvgIpc) is 2.38. The molecule has 0 radical (unpaired) electrons. The third-order valence-corrected chi connectivity index (χ3v) is 3.06. The van der Waals surface area contributed by atoms with Crippen molar-refractivity contribution in [2.45, 2.75) is 12.5 Å². The third kappa shape index (κ3) is 2.61. The number of hydrogen-bond donors (Lipinski definition) is 2. The smallest absolute Gasteiger partial charge is 0.333 e. The molecule has 0 fully saturated rings. The Hall–Kier alpha value is -2.43. The molecule has 2 aromatic rings. The summed E-state index contributed by atoms with van der Waals surface area (Å²) in [5.74, 6) is -2.40. The summed E-state index contributed by atoms with van der Waals surface area (Å²) in [4.78, 5) is 11.5. The number of aliphatic carboxylic acids is 1. The quantitative estimate of drug-likeness (QED) is 0.900. The topological polar surface area (TPSA) is 49.3 Å². The van der Waals surface area contributed by atoms with Gasteiger partial charge in [0.15, 0.2) is 5.54 Å². The van der Waals surface area contributed by atoms with Gasteiger partial charge in [0.1, 0.15) is 11.6 Å². The maximum absolute atomic E-state index is 13.8. The van der Waals surface area contributed by atoms with Crippen molar-refractivity contribution < 1.29 is 18.7 Å². The van der Waals surface area contributed by atoms with Crippen LogP contribution in [0.2, 0.25) is 0 Å². The van der Waals surface area contributed by atoms with E-state index in [9.17, 15) is 18.7 Å². The van der Waals surface area contributed by atoms with E-state index < -0.39 is 23.1 Å². The number of rotatable bonds is 4. The first-order valence-corrected chi connectivity index (χ1v) is 5.95. The number of nitrogens with one attached hydrogen (secondary N) is 1. The maximum Gasteiger partial charge on any atom is 0.333 e. The van der Waals surface area contributed by atoms with Gasteiger partial charge in [-0.1, -0.05) is 24.3 Å². The SMILES string of the molecule is CC(Nc1cccc(F)c1)(C(=O)O)c1ccccc1F. The van der Waals surface area contributed by atoms with E-state index in [0.717, 1.165) is 6.07 Å². The molecule has 104 valence electrons. The summed E-state index contributed by atoms with van der Waals surface area (Å²) in [6.45, 7) is 1.33. The largest absolute Gasteiger partial charge is 0.479 e. The first kappa shape index (κ1) is 14.0. The molecule has 0 saturated carbocycles. The number of benzene rings is 2. The Labute approximate surface area is 114 Å². The molecule has 1 unspecified atom stereocenters. The Balaban J connectivity index is 2.46. The van der Waals surface area contributed by atoms with Crippen LogP contribution in [0.3, 0.4) is 0 Å². The Bertz CT molecular complexity index is 645. The number of carbonyl (C=O) groups is 1. The van der Waals surface area contributed by atoms with Crippen LogP contribution in [-0.2, 0) is 10.3 Å². The van der Waals surface area contributed by atoms with Gasteiger partial charge in [-0.15, -0.1) is 0 Å². The molecule has 0 aliphatic rings. The molecule has 0 aromatic heterocycles. The molecule has 0 bridgehead atoms. The number of carboxylic acid groups (broad SMARTS) is 1. The zero-order valence-corrected chi connectivity index (χ0v) is 10.7. The minimum Gasteiger partial charge on any atom is -0.479 e. The lowest BCUT2D eigenvalue weighted by Crippen LogP contribution is -2.41. The minimum atomic E-state index is -1.70. The molecule has 2 N–H and O–H groups in total. The van der Waals surface area contributed by atoms with E-state index >= 15 is 0 Å². The van der Waals surface area contributed by atoms with Crippen molar-refractivity contribution >= 4 is 11.7 Å². The lowest BCUT2D eigenvalue weighted by molar-refractivity contribution is -0.142. The van der Waals surface area contributed by atoms with Gasteiger partial charge in [-0.05, 0) is 31.2 Å². The molecule has 0 aliphatic carbocycles. The predicted molar refractivity (Wildman–Crippen MR) is 71.4 cm³/mol. The zero-order chi connectivity index (χ0) is 14.8. The maximum atomic E-state index is 13.8. The first-order valence-electron chi connectivity index (χ1n) is 5.95. The van der Waals surface area contributed by atoms with Crippen molar-refractivity contribution in [2.24, 2.45) is 0 Å². The molecule has 3 nitrogen and oxygen atoms in total. The number of carboxylic acids is 1. The summed E-state index contributed by atoms with van der Waals surface area (Å²) in [6, 6.07) is 11.0. The van der Waals surface area contributed by atoms with E-state index in [1.165, 1.54) is 43.3 Å². The van der Waals surface area contributed by atoms with Gasteiger partial charge in [0, 0.05) is 11.3 Å². The Morgan fingerprint density at radius 2 is 1.85 bits per heavy atom. The van der Waals surface area contributed by atoms with Gasteiger partial charge in [-0.2, -0.15) is 0 Å². The summed E-state index contributed by atoms with van der Waals surface area (Å²) >= 11 is 0. The van der Waals surface area contributed by atoms with E-state index in [-0.39, 0.29) is 11.3 Å². The fraction of sp³-hybridized carbons (Fsp3) is 0.133. The highest BCUT2D eigenvalue weighted by molar-refractivity contribution is 5.84. The zero-order valence-electron chi connectivity index (χ0n) is 10.7. The Morgan fingerprint density at radius 1 is 1.15 bits per heavy atom. The molecule has 0 aliphatic heterocycles. The monoisotopic (exact) mass is 277 g/mol. The van der Waals surface area contributed by atoms with Gasteiger partial charge < -0.3 is 10.4 Å². The van der Waals surface area contributed by atoms with E-state index in [1.807, 2.05) is 0 Å². The first-order chi connectivity index (χ1) is 9.43. The van der Waals surface area contributed by atoms with Crippen LogP contribution in [0.4, 0.5) is 14.5 Å². The fourth-order valence-electron chi connectivity index (χ4n) is 1.96. The third-order valence-electron chi connectivity index (χ3n) is 3.06. The molecule has 20 heavy (non-hydrogen) atoms. The van der Waals surface area contributed by atoms with Crippen molar-refractivity contribution in [2.75, 3.05) is 5.32 Å². The van der Waals surface area contributed by atoms with Crippen LogP contribution in [0, 0.1) is 11.6 Å². The van der Waals surface area contributed by atoms with Gasteiger partial charge in [-0.25, -0.2) is 13.6 Å². The van der Waals surface area contributed by atoms with Crippen LogP contribution in [0.15, 0.2) is 48.5 Å². The lowest BCUT2D eigenvalue weighted by atomic mass is 9.91. The molecule has 5 heteroatoms.